The minimum atomic E-state index is -5.16. The Morgan fingerprint density at radius 3 is 1.29 bits per heavy atom. The summed E-state index contributed by atoms with van der Waals surface area (Å²) < 4.78 is 47.7. The van der Waals surface area contributed by atoms with Gasteiger partial charge in [0, 0.05) is 14.7 Å². The first kappa shape index (κ1) is 29.8. The number of benzene rings is 3. The van der Waals surface area contributed by atoms with Gasteiger partial charge in [0.2, 0.25) is 0 Å². The van der Waals surface area contributed by atoms with Crippen molar-refractivity contribution in [1.82, 2.24) is 0 Å². The SMILES string of the molecule is CC(C)(C)c1cc(C(C)(C)C)c(S(OC(=O)C(F)(F)F)(c2ccccc2)c2ccccc2)c(C(C)(C)C)c1. The van der Waals surface area contributed by atoms with E-state index in [-0.39, 0.29) is 5.41 Å². The summed E-state index contributed by atoms with van der Waals surface area (Å²) in [6.45, 7) is 18.7. The zero-order chi connectivity index (χ0) is 28.7. The highest BCUT2D eigenvalue weighted by Gasteiger charge is 2.49. The molecular formula is C32H39F3O2S. The van der Waals surface area contributed by atoms with Crippen LogP contribution in [0.2, 0.25) is 0 Å². The fraction of sp³-hybridized carbons (Fsp3) is 0.406. The van der Waals surface area contributed by atoms with Gasteiger partial charge < -0.3 is 4.18 Å². The Labute approximate surface area is 227 Å². The second kappa shape index (κ2) is 10.1. The van der Waals surface area contributed by atoms with Gasteiger partial charge in [-0.1, -0.05) is 111 Å². The van der Waals surface area contributed by atoms with E-state index >= 15 is 0 Å². The molecule has 3 rings (SSSR count). The normalized spacial score (nSPS) is 13.8. The summed E-state index contributed by atoms with van der Waals surface area (Å²) in [5.41, 5.74) is 1.66. The molecule has 206 valence electrons. The van der Waals surface area contributed by atoms with E-state index in [4.69, 9.17) is 4.18 Å². The zero-order valence-corrected chi connectivity index (χ0v) is 24.6. The maximum atomic E-state index is 14.0. The van der Waals surface area contributed by atoms with Gasteiger partial charge in [-0.2, -0.15) is 13.2 Å². The van der Waals surface area contributed by atoms with E-state index < -0.39 is 33.3 Å². The maximum absolute atomic E-state index is 14.0. The van der Waals surface area contributed by atoms with Crippen molar-refractivity contribution in [2.45, 2.75) is 99.4 Å². The second-order valence-corrected chi connectivity index (χ2v) is 15.3. The van der Waals surface area contributed by atoms with Crippen molar-refractivity contribution in [3.63, 3.8) is 0 Å². The summed E-state index contributed by atoms with van der Waals surface area (Å²) in [7, 11) is -3.17. The first-order chi connectivity index (χ1) is 17.3. The first-order valence-electron chi connectivity index (χ1n) is 12.7. The molecule has 2 nitrogen and oxygen atoms in total. The Kier molecular flexibility index (Phi) is 7.93. The molecule has 0 aromatic heterocycles. The summed E-state index contributed by atoms with van der Waals surface area (Å²) in [5, 5.41) is 0. The van der Waals surface area contributed by atoms with Crippen molar-refractivity contribution in [3.05, 3.63) is 89.5 Å². The zero-order valence-electron chi connectivity index (χ0n) is 23.8. The molecule has 6 heteroatoms. The van der Waals surface area contributed by atoms with E-state index in [1.165, 1.54) is 0 Å². The van der Waals surface area contributed by atoms with Crippen LogP contribution < -0.4 is 0 Å². The Morgan fingerprint density at radius 2 is 1.00 bits per heavy atom. The molecule has 0 saturated heterocycles. The van der Waals surface area contributed by atoms with Crippen LogP contribution in [0.3, 0.4) is 0 Å². The Morgan fingerprint density at radius 1 is 0.632 bits per heavy atom. The number of rotatable bonds is 4. The van der Waals surface area contributed by atoms with Gasteiger partial charge in [-0.25, -0.2) is 4.79 Å². The van der Waals surface area contributed by atoms with Crippen molar-refractivity contribution in [2.75, 3.05) is 0 Å². The van der Waals surface area contributed by atoms with Gasteiger partial charge >= 0.3 is 12.1 Å². The third kappa shape index (κ3) is 5.96. The van der Waals surface area contributed by atoms with Gasteiger partial charge in [0.25, 0.3) is 0 Å². The molecule has 0 spiro atoms. The molecule has 3 aromatic rings. The lowest BCUT2D eigenvalue weighted by atomic mass is 9.75. The monoisotopic (exact) mass is 544 g/mol. The van der Waals surface area contributed by atoms with Crippen LogP contribution >= 0.6 is 10.3 Å². The van der Waals surface area contributed by atoms with E-state index in [2.05, 4.69) is 74.4 Å². The first-order valence-corrected chi connectivity index (χ1v) is 14.3. The van der Waals surface area contributed by atoms with Gasteiger partial charge in [-0.3, -0.25) is 0 Å². The molecule has 3 aromatic carbocycles. The molecule has 0 saturated carbocycles. The van der Waals surface area contributed by atoms with Crippen LogP contribution in [0.15, 0.2) is 87.5 Å². The van der Waals surface area contributed by atoms with Crippen molar-refractivity contribution < 1.29 is 22.1 Å². The molecule has 0 heterocycles. The molecule has 0 radical (unpaired) electrons. The van der Waals surface area contributed by atoms with E-state index in [1.807, 2.05) is 12.1 Å². The third-order valence-electron chi connectivity index (χ3n) is 6.44. The third-order valence-corrected chi connectivity index (χ3v) is 9.73. The molecule has 0 amide bonds. The topological polar surface area (TPSA) is 26.3 Å². The molecule has 0 unspecified atom stereocenters. The average molecular weight is 545 g/mol. The van der Waals surface area contributed by atoms with Crippen molar-refractivity contribution in [3.8, 4) is 0 Å². The fourth-order valence-electron chi connectivity index (χ4n) is 4.38. The molecule has 0 bridgehead atoms. The number of alkyl halides is 3. The Balaban J connectivity index is 2.69. The van der Waals surface area contributed by atoms with Gasteiger partial charge in [-0.05, 0) is 67.5 Å². The number of hydrogen-bond acceptors (Lipinski definition) is 2. The van der Waals surface area contributed by atoms with Gasteiger partial charge in [-0.15, -0.1) is 0 Å². The molecule has 0 aliphatic heterocycles. The lowest BCUT2D eigenvalue weighted by molar-refractivity contribution is -0.188. The maximum Gasteiger partial charge on any atom is 0.491 e. The Hall–Kier alpha value is -2.73. The standard InChI is InChI=1S/C32H39F3O2S/c1-29(2,3)22-20-25(30(4,5)6)27(26(21-22)31(7,8)9)38(23-16-12-10-13-17-23,24-18-14-11-15-19-24)37-28(36)32(33,34)35/h10-21H,1-9H3. The smallest absolute Gasteiger partial charge is 0.395 e. The van der Waals surface area contributed by atoms with Gasteiger partial charge in [0.15, 0.2) is 0 Å². The lowest BCUT2D eigenvalue weighted by Crippen LogP contribution is -2.31. The highest BCUT2D eigenvalue weighted by molar-refractivity contribution is 8.30. The summed E-state index contributed by atoms with van der Waals surface area (Å²) in [5.74, 6) is -2.19. The number of hydrogen-bond donors (Lipinski definition) is 0. The van der Waals surface area contributed by atoms with Crippen molar-refractivity contribution in [2.24, 2.45) is 0 Å². The summed E-state index contributed by atoms with van der Waals surface area (Å²) >= 11 is 0. The van der Waals surface area contributed by atoms with Crippen LogP contribution in [0, 0.1) is 0 Å². The van der Waals surface area contributed by atoms with Crippen LogP contribution in [0.5, 0.6) is 0 Å². The fourth-order valence-corrected chi connectivity index (χ4v) is 8.15. The van der Waals surface area contributed by atoms with E-state index in [1.54, 1.807) is 48.5 Å². The minimum absolute atomic E-state index is 0.210. The molecule has 0 aliphatic carbocycles. The van der Waals surface area contributed by atoms with Crippen molar-refractivity contribution in [1.29, 1.82) is 0 Å². The van der Waals surface area contributed by atoms with Crippen LogP contribution in [0.4, 0.5) is 13.2 Å². The summed E-state index contributed by atoms with van der Waals surface area (Å²) in [6, 6.07) is 22.0. The average Bonchev–Trinajstić information content (AvgIpc) is 2.80. The molecule has 0 aliphatic rings. The molecule has 0 N–H and O–H groups in total. The number of carbonyl (C=O) groups is 1. The summed E-state index contributed by atoms with van der Waals surface area (Å²) in [4.78, 5) is 14.5. The van der Waals surface area contributed by atoms with Crippen LogP contribution in [0.25, 0.3) is 0 Å². The minimum Gasteiger partial charge on any atom is -0.395 e. The van der Waals surface area contributed by atoms with Gasteiger partial charge in [0.1, 0.15) is 0 Å². The van der Waals surface area contributed by atoms with E-state index in [0.717, 1.165) is 16.7 Å². The molecule has 38 heavy (non-hydrogen) atoms. The van der Waals surface area contributed by atoms with Crippen LogP contribution in [-0.2, 0) is 25.2 Å². The molecular weight excluding hydrogens is 505 g/mol. The second-order valence-electron chi connectivity index (χ2n) is 12.7. The van der Waals surface area contributed by atoms with Crippen LogP contribution in [0.1, 0.15) is 79.0 Å². The Bertz CT molecular complexity index is 1200. The molecule has 0 fully saturated rings. The largest absolute Gasteiger partial charge is 0.491 e. The highest BCUT2D eigenvalue weighted by Crippen LogP contribution is 2.72. The molecule has 0 atom stereocenters. The number of carbonyl (C=O) groups excluding carboxylic acids is 1. The van der Waals surface area contributed by atoms with E-state index in [0.29, 0.717) is 14.7 Å². The number of halogens is 3. The summed E-state index contributed by atoms with van der Waals surface area (Å²) in [6.07, 6.45) is -5.16. The van der Waals surface area contributed by atoms with Gasteiger partial charge in [0.05, 0.1) is 0 Å². The predicted molar refractivity (Wildman–Crippen MR) is 150 cm³/mol. The van der Waals surface area contributed by atoms with E-state index in [9.17, 15) is 18.0 Å². The highest BCUT2D eigenvalue weighted by atomic mass is 32.3. The predicted octanol–water partition coefficient (Wildman–Crippen LogP) is 9.88. The quantitative estimate of drug-likeness (QED) is 0.327. The van der Waals surface area contributed by atoms with Crippen LogP contribution in [-0.4, -0.2) is 12.1 Å². The lowest BCUT2D eigenvalue weighted by Gasteiger charge is -2.46. The van der Waals surface area contributed by atoms with Crippen molar-refractivity contribution >= 4 is 16.3 Å².